The van der Waals surface area contributed by atoms with Crippen molar-refractivity contribution < 1.29 is 20.1 Å². The zero-order valence-corrected chi connectivity index (χ0v) is 19.1. The van der Waals surface area contributed by atoms with Crippen LogP contribution >= 0.6 is 0 Å². The molecular weight excluding hydrogens is 414 g/mol. The molecule has 0 saturated carbocycles. The van der Waals surface area contributed by atoms with Gasteiger partial charge in [0.25, 0.3) is 0 Å². The molecule has 0 fully saturated rings. The summed E-state index contributed by atoms with van der Waals surface area (Å²) in [7, 11) is 0. The van der Waals surface area contributed by atoms with Crippen LogP contribution in [0.1, 0.15) is 22.3 Å². The number of hydrogen-bond acceptors (Lipinski definition) is 5. The van der Waals surface area contributed by atoms with Gasteiger partial charge in [-0.05, 0) is 80.3 Å². The number of aryl methyl sites for hydroxylation is 4. The van der Waals surface area contributed by atoms with E-state index in [9.17, 15) is 15.3 Å². The first kappa shape index (κ1) is 22.1. The van der Waals surface area contributed by atoms with Crippen molar-refractivity contribution in [2.24, 2.45) is 0 Å². The lowest BCUT2D eigenvalue weighted by molar-refractivity contribution is 0.408. The van der Waals surface area contributed by atoms with Crippen molar-refractivity contribution in [2.45, 2.75) is 27.7 Å². The molecule has 5 heteroatoms. The van der Waals surface area contributed by atoms with Crippen LogP contribution in [0.5, 0.6) is 28.7 Å². The maximum absolute atomic E-state index is 10.4. The topological polar surface area (TPSA) is 73.2 Å². The number of rotatable bonds is 5. The molecule has 0 spiro atoms. The number of phenols is 3. The van der Waals surface area contributed by atoms with E-state index < -0.39 is 0 Å². The summed E-state index contributed by atoms with van der Waals surface area (Å²) in [6, 6.07) is 21.5. The summed E-state index contributed by atoms with van der Waals surface area (Å²) in [5.41, 5.74) is 6.02. The van der Waals surface area contributed by atoms with Crippen molar-refractivity contribution in [3.05, 3.63) is 95.1 Å². The van der Waals surface area contributed by atoms with Crippen LogP contribution in [-0.4, -0.2) is 15.3 Å². The molecule has 0 radical (unpaired) electrons. The van der Waals surface area contributed by atoms with Gasteiger partial charge in [0.15, 0.2) is 11.5 Å². The minimum Gasteiger partial charge on any atom is -0.508 e. The van der Waals surface area contributed by atoms with Crippen LogP contribution in [0.2, 0.25) is 0 Å². The van der Waals surface area contributed by atoms with Crippen LogP contribution in [0, 0.1) is 27.7 Å². The van der Waals surface area contributed by atoms with Gasteiger partial charge >= 0.3 is 0 Å². The zero-order chi connectivity index (χ0) is 23.7. The molecule has 0 atom stereocenters. The van der Waals surface area contributed by atoms with E-state index in [0.717, 1.165) is 39.3 Å². The molecule has 168 valence electrons. The quantitative estimate of drug-likeness (QED) is 0.303. The molecule has 33 heavy (non-hydrogen) atoms. The second-order valence-electron chi connectivity index (χ2n) is 8.31. The van der Waals surface area contributed by atoms with Gasteiger partial charge in [-0.15, -0.1) is 0 Å². The molecule has 0 amide bonds. The number of phenolic OH excluding ortho intramolecular Hbond substituents is 3. The van der Waals surface area contributed by atoms with Crippen LogP contribution < -0.4 is 9.64 Å². The Morgan fingerprint density at radius 2 is 1.24 bits per heavy atom. The molecule has 0 aliphatic heterocycles. The maximum atomic E-state index is 10.4. The SMILES string of the molecule is Cc1cc(C)c(Oc2cccc(N(c3cc(O)ccc3C)c3cc(O)ccc3C)c2)c(O)c1. The Balaban J connectivity index is 1.85. The van der Waals surface area contributed by atoms with Crippen LogP contribution in [0.3, 0.4) is 0 Å². The minimum atomic E-state index is 0.0856. The summed E-state index contributed by atoms with van der Waals surface area (Å²) < 4.78 is 6.09. The first-order valence-corrected chi connectivity index (χ1v) is 10.7. The van der Waals surface area contributed by atoms with Gasteiger partial charge < -0.3 is 25.0 Å². The molecule has 0 bridgehead atoms. The average Bonchev–Trinajstić information content (AvgIpc) is 2.76. The van der Waals surface area contributed by atoms with Gasteiger partial charge in [0.1, 0.15) is 17.2 Å². The summed E-state index contributed by atoms with van der Waals surface area (Å²) in [5, 5.41) is 30.8. The first-order valence-electron chi connectivity index (χ1n) is 10.7. The van der Waals surface area contributed by atoms with Crippen LogP contribution in [-0.2, 0) is 0 Å². The fourth-order valence-corrected chi connectivity index (χ4v) is 3.95. The molecule has 0 heterocycles. The molecular formula is C28H27NO4. The molecule has 5 nitrogen and oxygen atoms in total. The highest BCUT2D eigenvalue weighted by Crippen LogP contribution is 2.43. The Morgan fingerprint density at radius 1 is 0.636 bits per heavy atom. The highest BCUT2D eigenvalue weighted by atomic mass is 16.5. The summed E-state index contributed by atoms with van der Waals surface area (Å²) in [4.78, 5) is 1.97. The van der Waals surface area contributed by atoms with E-state index in [2.05, 4.69) is 0 Å². The predicted molar refractivity (Wildman–Crippen MR) is 132 cm³/mol. The third-order valence-corrected chi connectivity index (χ3v) is 5.56. The standard InChI is InChI=1S/C28H27NO4/c1-17-12-20(4)28(27(32)13-17)33-24-7-5-6-21(14-24)29(25-15-22(30)10-8-18(25)2)26-16-23(31)11-9-19(26)3/h5-16,30-32H,1-4H3. The van der Waals surface area contributed by atoms with E-state index in [4.69, 9.17) is 4.74 Å². The van der Waals surface area contributed by atoms with Crippen LogP contribution in [0.15, 0.2) is 72.8 Å². The predicted octanol–water partition coefficient (Wildman–Crippen LogP) is 7.30. The van der Waals surface area contributed by atoms with E-state index in [1.54, 1.807) is 30.3 Å². The molecule has 4 aromatic rings. The number of hydrogen-bond donors (Lipinski definition) is 3. The summed E-state index contributed by atoms with van der Waals surface area (Å²) >= 11 is 0. The number of ether oxygens (including phenoxy) is 1. The molecule has 0 unspecified atom stereocenters. The molecule has 4 rings (SSSR count). The van der Waals surface area contributed by atoms with Crippen molar-refractivity contribution in [1.29, 1.82) is 0 Å². The lowest BCUT2D eigenvalue weighted by Crippen LogP contribution is -2.12. The Kier molecular flexibility index (Phi) is 5.88. The molecule has 4 aromatic carbocycles. The highest BCUT2D eigenvalue weighted by molar-refractivity contribution is 5.81. The van der Waals surface area contributed by atoms with Gasteiger partial charge in [0, 0.05) is 23.9 Å². The Bertz CT molecular complexity index is 1260. The van der Waals surface area contributed by atoms with E-state index in [1.807, 2.05) is 75.1 Å². The molecule has 0 saturated heterocycles. The Labute approximate surface area is 193 Å². The normalized spacial score (nSPS) is 10.8. The Morgan fingerprint density at radius 3 is 1.82 bits per heavy atom. The van der Waals surface area contributed by atoms with Crippen LogP contribution in [0.4, 0.5) is 17.1 Å². The fraction of sp³-hybridized carbons (Fsp3) is 0.143. The highest BCUT2D eigenvalue weighted by Gasteiger charge is 2.19. The van der Waals surface area contributed by atoms with Crippen molar-refractivity contribution in [1.82, 2.24) is 0 Å². The summed E-state index contributed by atoms with van der Waals surface area (Å²) in [6.07, 6.45) is 0. The van der Waals surface area contributed by atoms with Crippen LogP contribution in [0.25, 0.3) is 0 Å². The van der Waals surface area contributed by atoms with Crippen molar-refractivity contribution in [3.63, 3.8) is 0 Å². The number of aromatic hydroxyl groups is 3. The fourth-order valence-electron chi connectivity index (χ4n) is 3.95. The maximum Gasteiger partial charge on any atom is 0.171 e. The number of anilines is 3. The summed E-state index contributed by atoms with van der Waals surface area (Å²) in [5.74, 6) is 1.33. The molecule has 3 N–H and O–H groups in total. The van der Waals surface area contributed by atoms with Gasteiger partial charge in [-0.3, -0.25) is 0 Å². The number of benzene rings is 4. The minimum absolute atomic E-state index is 0.0856. The lowest BCUT2D eigenvalue weighted by Gasteiger charge is -2.29. The summed E-state index contributed by atoms with van der Waals surface area (Å²) in [6.45, 7) is 7.75. The van der Waals surface area contributed by atoms with Crippen molar-refractivity contribution >= 4 is 17.1 Å². The smallest absolute Gasteiger partial charge is 0.171 e. The second kappa shape index (κ2) is 8.79. The number of nitrogens with zero attached hydrogens (tertiary/aromatic N) is 1. The average molecular weight is 442 g/mol. The van der Waals surface area contributed by atoms with E-state index in [0.29, 0.717) is 11.5 Å². The largest absolute Gasteiger partial charge is 0.508 e. The first-order chi connectivity index (χ1) is 15.7. The van der Waals surface area contributed by atoms with E-state index in [-0.39, 0.29) is 17.2 Å². The molecule has 0 aliphatic rings. The van der Waals surface area contributed by atoms with Gasteiger partial charge in [0.05, 0.1) is 11.4 Å². The van der Waals surface area contributed by atoms with Crippen molar-refractivity contribution in [2.75, 3.05) is 4.90 Å². The van der Waals surface area contributed by atoms with E-state index in [1.165, 1.54) is 0 Å². The second-order valence-corrected chi connectivity index (χ2v) is 8.31. The van der Waals surface area contributed by atoms with Gasteiger partial charge in [-0.2, -0.15) is 0 Å². The van der Waals surface area contributed by atoms with Crippen molar-refractivity contribution in [3.8, 4) is 28.7 Å². The van der Waals surface area contributed by atoms with Gasteiger partial charge in [0.2, 0.25) is 0 Å². The molecule has 0 aromatic heterocycles. The third kappa shape index (κ3) is 4.58. The van der Waals surface area contributed by atoms with Gasteiger partial charge in [-0.1, -0.05) is 24.3 Å². The van der Waals surface area contributed by atoms with E-state index >= 15 is 0 Å². The van der Waals surface area contributed by atoms with Gasteiger partial charge in [-0.25, -0.2) is 0 Å². The lowest BCUT2D eigenvalue weighted by atomic mass is 10.1. The zero-order valence-electron chi connectivity index (χ0n) is 19.1. The Hall–Kier alpha value is -4.12. The third-order valence-electron chi connectivity index (χ3n) is 5.56. The monoisotopic (exact) mass is 441 g/mol. The molecule has 0 aliphatic carbocycles.